The summed E-state index contributed by atoms with van der Waals surface area (Å²) in [5.74, 6) is 0.740. The number of hydrogen-bond donors (Lipinski definition) is 1. The summed E-state index contributed by atoms with van der Waals surface area (Å²) in [7, 11) is 0. The van der Waals surface area contributed by atoms with Crippen molar-refractivity contribution in [1.82, 2.24) is 9.78 Å². The number of aromatic nitrogens is 2. The van der Waals surface area contributed by atoms with Gasteiger partial charge in [-0.3, -0.25) is 9.48 Å². The van der Waals surface area contributed by atoms with Crippen molar-refractivity contribution in [2.24, 2.45) is 0 Å². The van der Waals surface area contributed by atoms with Gasteiger partial charge in [0.1, 0.15) is 29.0 Å². The van der Waals surface area contributed by atoms with Crippen LogP contribution in [0.3, 0.4) is 0 Å². The minimum atomic E-state index is -0.483. The summed E-state index contributed by atoms with van der Waals surface area (Å²) in [4.78, 5) is 12.6. The molecule has 2 heterocycles. The van der Waals surface area contributed by atoms with E-state index < -0.39 is 5.91 Å². The molecule has 0 bridgehead atoms. The molecule has 33 heavy (non-hydrogen) atoms. The van der Waals surface area contributed by atoms with Crippen LogP contribution < -0.4 is 10.1 Å². The Morgan fingerprint density at radius 2 is 1.97 bits per heavy atom. The number of carbonyl (C=O) groups excluding carboxylic acids is 1. The van der Waals surface area contributed by atoms with Gasteiger partial charge in [0.2, 0.25) is 0 Å². The van der Waals surface area contributed by atoms with Crippen molar-refractivity contribution in [3.05, 3.63) is 100 Å². The van der Waals surface area contributed by atoms with Gasteiger partial charge in [0.25, 0.3) is 5.91 Å². The Morgan fingerprint density at radius 3 is 2.73 bits per heavy atom. The third-order valence-electron chi connectivity index (χ3n) is 4.91. The highest BCUT2D eigenvalue weighted by Crippen LogP contribution is 2.22. The topological polar surface area (TPSA) is 69.3 Å². The van der Waals surface area contributed by atoms with Gasteiger partial charge in [0.15, 0.2) is 11.6 Å². The Labute approximate surface area is 195 Å². The third-order valence-corrected chi connectivity index (χ3v) is 5.19. The number of furan rings is 1. The smallest absolute Gasteiger partial charge is 0.292 e. The highest BCUT2D eigenvalue weighted by atomic mass is 35.5. The molecule has 0 fully saturated rings. The van der Waals surface area contributed by atoms with Crippen LogP contribution in [0.4, 0.5) is 10.2 Å². The maximum absolute atomic E-state index is 13.4. The Kier molecular flexibility index (Phi) is 7.10. The summed E-state index contributed by atoms with van der Waals surface area (Å²) in [5, 5.41) is 7.17. The Hall–Kier alpha value is -3.58. The number of ether oxygens (including phenoxy) is 1. The summed E-state index contributed by atoms with van der Waals surface area (Å²) >= 11 is 6.20. The molecular formula is C25H23ClFN3O3. The summed E-state index contributed by atoms with van der Waals surface area (Å²) in [6, 6.07) is 17.4. The molecule has 2 aromatic carbocycles. The molecule has 2 aromatic heterocycles. The predicted molar refractivity (Wildman–Crippen MR) is 124 cm³/mol. The van der Waals surface area contributed by atoms with Gasteiger partial charge in [-0.25, -0.2) is 4.39 Å². The van der Waals surface area contributed by atoms with E-state index in [1.807, 2.05) is 24.3 Å². The lowest BCUT2D eigenvalue weighted by atomic mass is 10.1. The molecule has 1 amide bonds. The van der Waals surface area contributed by atoms with Gasteiger partial charge >= 0.3 is 0 Å². The van der Waals surface area contributed by atoms with Gasteiger partial charge in [0.05, 0.1) is 6.54 Å². The SMILES string of the molecule is CCCc1ccc(OCc2ccc(C(=O)Nc3nn(Cc4cccc(F)c4)cc3Cl)o2)cc1. The molecule has 0 aliphatic heterocycles. The molecule has 0 radical (unpaired) electrons. The number of anilines is 1. The second-order valence-electron chi connectivity index (χ2n) is 7.56. The standard InChI is InChI=1S/C25H23ClFN3O3/c1-2-4-17-7-9-20(10-8-17)32-16-21-11-12-23(33-21)25(31)28-24-22(26)15-30(29-24)14-18-5-3-6-19(27)13-18/h3,5-13,15H,2,4,14,16H2,1H3,(H,28,29,31). The normalized spacial score (nSPS) is 10.9. The van der Waals surface area contributed by atoms with E-state index in [4.69, 9.17) is 20.8 Å². The lowest BCUT2D eigenvalue weighted by Crippen LogP contribution is -2.12. The highest BCUT2D eigenvalue weighted by Gasteiger charge is 2.16. The van der Waals surface area contributed by atoms with Gasteiger partial charge < -0.3 is 14.5 Å². The number of nitrogens with one attached hydrogen (secondary N) is 1. The maximum atomic E-state index is 13.4. The fraction of sp³-hybridized carbons (Fsp3) is 0.200. The molecule has 4 rings (SSSR count). The zero-order valence-corrected chi connectivity index (χ0v) is 18.8. The van der Waals surface area contributed by atoms with E-state index in [2.05, 4.69) is 17.3 Å². The zero-order chi connectivity index (χ0) is 23.2. The van der Waals surface area contributed by atoms with Crippen LogP contribution in [0.25, 0.3) is 0 Å². The van der Waals surface area contributed by atoms with Crippen molar-refractivity contribution in [3.63, 3.8) is 0 Å². The molecule has 8 heteroatoms. The first-order chi connectivity index (χ1) is 16.0. The Balaban J connectivity index is 1.34. The van der Waals surface area contributed by atoms with E-state index >= 15 is 0 Å². The largest absolute Gasteiger partial charge is 0.486 e. The second-order valence-corrected chi connectivity index (χ2v) is 7.96. The molecule has 0 atom stereocenters. The highest BCUT2D eigenvalue weighted by molar-refractivity contribution is 6.33. The predicted octanol–water partition coefficient (Wildman–Crippen LogP) is 6.10. The average molecular weight is 468 g/mol. The number of nitrogens with zero attached hydrogens (tertiary/aromatic N) is 2. The van der Waals surface area contributed by atoms with Gasteiger partial charge in [0, 0.05) is 6.20 Å². The maximum Gasteiger partial charge on any atom is 0.292 e. The first kappa shape index (κ1) is 22.6. The number of benzene rings is 2. The Morgan fingerprint density at radius 1 is 1.15 bits per heavy atom. The van der Waals surface area contributed by atoms with Gasteiger partial charge in [-0.2, -0.15) is 5.10 Å². The molecule has 0 aliphatic carbocycles. The number of hydrogen-bond acceptors (Lipinski definition) is 4. The molecule has 6 nitrogen and oxygen atoms in total. The fourth-order valence-electron chi connectivity index (χ4n) is 3.33. The van der Waals surface area contributed by atoms with E-state index in [9.17, 15) is 9.18 Å². The lowest BCUT2D eigenvalue weighted by molar-refractivity contribution is 0.0992. The van der Waals surface area contributed by atoms with E-state index in [0.29, 0.717) is 12.3 Å². The second kappa shape index (κ2) is 10.4. The quantitative estimate of drug-likeness (QED) is 0.323. The molecule has 0 saturated carbocycles. The minimum Gasteiger partial charge on any atom is -0.486 e. The molecule has 170 valence electrons. The summed E-state index contributed by atoms with van der Waals surface area (Å²) in [6.07, 6.45) is 3.69. The average Bonchev–Trinajstić information content (AvgIpc) is 3.40. The van der Waals surface area contributed by atoms with Crippen LogP contribution in [-0.4, -0.2) is 15.7 Å². The van der Waals surface area contributed by atoms with E-state index in [-0.39, 0.29) is 29.0 Å². The van der Waals surface area contributed by atoms with Gasteiger partial charge in [-0.05, 0) is 53.9 Å². The lowest BCUT2D eigenvalue weighted by Gasteiger charge is -2.05. The van der Waals surface area contributed by atoms with Gasteiger partial charge in [-0.15, -0.1) is 0 Å². The number of rotatable bonds is 9. The number of carbonyl (C=O) groups is 1. The summed E-state index contributed by atoms with van der Waals surface area (Å²) < 4.78 is 26.2. The number of amides is 1. The molecule has 0 unspecified atom stereocenters. The van der Waals surface area contributed by atoms with E-state index in [1.54, 1.807) is 30.5 Å². The van der Waals surface area contributed by atoms with Crippen molar-refractivity contribution >= 4 is 23.3 Å². The molecule has 0 saturated heterocycles. The fourth-order valence-corrected chi connectivity index (χ4v) is 3.52. The van der Waals surface area contributed by atoms with E-state index in [1.165, 1.54) is 22.4 Å². The zero-order valence-electron chi connectivity index (χ0n) is 18.1. The monoisotopic (exact) mass is 467 g/mol. The van der Waals surface area contributed by atoms with Crippen LogP contribution in [-0.2, 0) is 19.6 Å². The van der Waals surface area contributed by atoms with E-state index in [0.717, 1.165) is 24.2 Å². The van der Waals surface area contributed by atoms with Crippen LogP contribution in [0.1, 0.15) is 40.8 Å². The third kappa shape index (κ3) is 6.02. The first-order valence-electron chi connectivity index (χ1n) is 10.6. The van der Waals surface area contributed by atoms with Crippen LogP contribution >= 0.6 is 11.6 Å². The molecule has 0 aliphatic rings. The number of halogens is 2. The van der Waals surface area contributed by atoms with Crippen LogP contribution in [0.2, 0.25) is 5.02 Å². The molecule has 1 N–H and O–H groups in total. The van der Waals surface area contributed by atoms with Crippen molar-refractivity contribution in [1.29, 1.82) is 0 Å². The van der Waals surface area contributed by atoms with Gasteiger partial charge in [-0.1, -0.05) is 49.2 Å². The van der Waals surface area contributed by atoms with Crippen LogP contribution in [0.15, 0.2) is 71.3 Å². The van der Waals surface area contributed by atoms with Crippen LogP contribution in [0.5, 0.6) is 5.75 Å². The van der Waals surface area contributed by atoms with Crippen molar-refractivity contribution in [3.8, 4) is 5.75 Å². The summed E-state index contributed by atoms with van der Waals surface area (Å²) in [6.45, 7) is 2.65. The minimum absolute atomic E-state index is 0.114. The number of aryl methyl sites for hydroxylation is 1. The molecule has 0 spiro atoms. The molecular weight excluding hydrogens is 445 g/mol. The Bertz CT molecular complexity index is 1230. The van der Waals surface area contributed by atoms with Crippen LogP contribution in [0, 0.1) is 5.82 Å². The van der Waals surface area contributed by atoms with Crippen molar-refractivity contribution in [2.75, 3.05) is 5.32 Å². The summed E-state index contributed by atoms with van der Waals surface area (Å²) in [5.41, 5.74) is 1.99. The first-order valence-corrected chi connectivity index (χ1v) is 11.0. The molecule has 4 aromatic rings. The van der Waals surface area contributed by atoms with Crippen molar-refractivity contribution < 1.29 is 18.3 Å². The van der Waals surface area contributed by atoms with Crippen molar-refractivity contribution in [2.45, 2.75) is 32.9 Å².